The Morgan fingerprint density at radius 3 is 2.86 bits per heavy atom. The Kier molecular flexibility index (Phi) is 3.58. The van der Waals surface area contributed by atoms with Crippen molar-refractivity contribution < 1.29 is 9.13 Å². The first-order valence-electron chi connectivity index (χ1n) is 6.30. The average Bonchev–Trinajstić information content (AvgIpc) is 2.79. The molecule has 0 fully saturated rings. The van der Waals surface area contributed by atoms with Crippen molar-refractivity contribution in [2.45, 2.75) is 0 Å². The van der Waals surface area contributed by atoms with E-state index in [1.807, 2.05) is 12.1 Å². The van der Waals surface area contributed by atoms with Gasteiger partial charge < -0.3 is 4.74 Å². The highest BCUT2D eigenvalue weighted by Crippen LogP contribution is 2.23. The summed E-state index contributed by atoms with van der Waals surface area (Å²) in [5.41, 5.74) is 1.51. The van der Waals surface area contributed by atoms with E-state index in [4.69, 9.17) is 4.74 Å². The number of rotatable bonds is 3. The van der Waals surface area contributed by atoms with Crippen molar-refractivity contribution in [3.63, 3.8) is 0 Å². The minimum Gasteiger partial charge on any atom is -0.497 e. The van der Waals surface area contributed by atoms with Crippen LogP contribution in [0.1, 0.15) is 5.56 Å². The van der Waals surface area contributed by atoms with Crippen LogP contribution < -0.4 is 9.61 Å². The summed E-state index contributed by atoms with van der Waals surface area (Å²) in [5, 5.41) is 0. The summed E-state index contributed by atoms with van der Waals surface area (Å²) in [4.78, 5) is 12.0. The Balaban J connectivity index is 2.04. The zero-order valence-electron chi connectivity index (χ0n) is 11.2. The second-order valence-corrected chi connectivity index (χ2v) is 5.44. The molecule has 3 aromatic rings. The van der Waals surface area contributed by atoms with Crippen molar-refractivity contribution in [1.82, 2.24) is 4.57 Å². The van der Waals surface area contributed by atoms with Gasteiger partial charge in [-0.3, -0.25) is 9.36 Å². The topological polar surface area (TPSA) is 31.2 Å². The van der Waals surface area contributed by atoms with Crippen LogP contribution in [0.5, 0.6) is 5.75 Å². The lowest BCUT2D eigenvalue weighted by Gasteiger charge is -2.00. The molecule has 0 spiro atoms. The van der Waals surface area contributed by atoms with Crippen molar-refractivity contribution in [1.29, 1.82) is 0 Å². The maximum atomic E-state index is 13.1. The number of hydrogen-bond acceptors (Lipinski definition) is 3. The largest absolute Gasteiger partial charge is 0.497 e. The highest BCUT2D eigenvalue weighted by atomic mass is 32.1. The number of thiazole rings is 1. The Labute approximate surface area is 124 Å². The number of fused-ring (bicyclic) bond motifs is 1. The van der Waals surface area contributed by atoms with Crippen LogP contribution in [0, 0.1) is 5.82 Å². The van der Waals surface area contributed by atoms with E-state index in [9.17, 15) is 9.18 Å². The zero-order chi connectivity index (χ0) is 14.8. The number of halogens is 1. The van der Waals surface area contributed by atoms with Gasteiger partial charge in [0.25, 0.3) is 0 Å². The predicted molar refractivity (Wildman–Crippen MR) is 84.3 cm³/mol. The average molecular weight is 301 g/mol. The molecule has 21 heavy (non-hydrogen) atoms. The van der Waals surface area contributed by atoms with E-state index in [2.05, 4.69) is 0 Å². The van der Waals surface area contributed by atoms with Crippen molar-refractivity contribution in [2.75, 3.05) is 7.11 Å². The first-order chi connectivity index (χ1) is 10.2. The van der Waals surface area contributed by atoms with Gasteiger partial charge in [-0.1, -0.05) is 23.5 Å². The Hall–Kier alpha value is -2.40. The lowest BCUT2D eigenvalue weighted by molar-refractivity contribution is 0.415. The van der Waals surface area contributed by atoms with E-state index < -0.39 is 0 Å². The van der Waals surface area contributed by atoms with Gasteiger partial charge in [-0.05, 0) is 42.0 Å². The lowest BCUT2D eigenvalue weighted by Crippen LogP contribution is -2.05. The highest BCUT2D eigenvalue weighted by Gasteiger charge is 2.06. The van der Waals surface area contributed by atoms with Crippen LogP contribution in [0.25, 0.3) is 22.5 Å². The molecule has 0 saturated carbocycles. The molecule has 1 heterocycles. The number of benzene rings is 2. The molecule has 0 aliphatic rings. The Bertz CT molecular complexity index is 879. The summed E-state index contributed by atoms with van der Waals surface area (Å²) < 4.78 is 20.7. The van der Waals surface area contributed by atoms with Crippen LogP contribution >= 0.6 is 11.3 Å². The number of aromatic nitrogens is 1. The Morgan fingerprint density at radius 1 is 1.24 bits per heavy atom. The molecule has 106 valence electrons. The standard InChI is InChI=1S/C16H12FNO2S/c1-20-13-5-6-14-15(10-13)21-16(19)18(14)8-7-11-3-2-4-12(17)9-11/h2-10H,1H3/b8-7+. The SMILES string of the molecule is COc1ccc2c(c1)sc(=O)n2/C=C/c1cccc(F)c1. The second-order valence-electron chi connectivity index (χ2n) is 4.44. The summed E-state index contributed by atoms with van der Waals surface area (Å²) in [7, 11) is 1.59. The molecule has 0 unspecified atom stereocenters. The van der Waals surface area contributed by atoms with Crippen LogP contribution in [0.3, 0.4) is 0 Å². The van der Waals surface area contributed by atoms with Crippen LogP contribution in [0.4, 0.5) is 4.39 Å². The van der Waals surface area contributed by atoms with Crippen LogP contribution in [-0.2, 0) is 0 Å². The minimum absolute atomic E-state index is 0.0918. The molecule has 0 amide bonds. The van der Waals surface area contributed by atoms with E-state index in [1.165, 1.54) is 12.1 Å². The van der Waals surface area contributed by atoms with Crippen molar-refractivity contribution in [3.05, 3.63) is 63.5 Å². The van der Waals surface area contributed by atoms with E-state index in [0.717, 1.165) is 21.6 Å². The minimum atomic E-state index is -0.301. The number of methoxy groups -OCH3 is 1. The maximum absolute atomic E-state index is 13.1. The van der Waals surface area contributed by atoms with Crippen LogP contribution in [0.2, 0.25) is 0 Å². The molecule has 0 atom stereocenters. The third-order valence-corrected chi connectivity index (χ3v) is 4.00. The van der Waals surface area contributed by atoms with Gasteiger partial charge in [-0.15, -0.1) is 0 Å². The van der Waals surface area contributed by atoms with E-state index in [0.29, 0.717) is 11.3 Å². The molecule has 0 radical (unpaired) electrons. The van der Waals surface area contributed by atoms with Crippen molar-refractivity contribution in [2.24, 2.45) is 0 Å². The lowest BCUT2D eigenvalue weighted by atomic mass is 10.2. The maximum Gasteiger partial charge on any atom is 0.312 e. The third-order valence-electron chi connectivity index (χ3n) is 3.09. The fourth-order valence-corrected chi connectivity index (χ4v) is 2.95. The van der Waals surface area contributed by atoms with Crippen LogP contribution in [0.15, 0.2) is 47.3 Å². The quantitative estimate of drug-likeness (QED) is 0.736. The molecule has 0 N–H and O–H groups in total. The molecule has 0 bridgehead atoms. The first-order valence-corrected chi connectivity index (χ1v) is 7.12. The fraction of sp³-hybridized carbons (Fsp3) is 0.0625. The molecule has 0 saturated heterocycles. The normalized spacial score (nSPS) is 11.3. The zero-order valence-corrected chi connectivity index (χ0v) is 12.1. The summed E-state index contributed by atoms with van der Waals surface area (Å²) >= 11 is 1.15. The van der Waals surface area contributed by atoms with E-state index in [1.54, 1.807) is 42.2 Å². The van der Waals surface area contributed by atoms with Crippen molar-refractivity contribution >= 4 is 33.8 Å². The summed E-state index contributed by atoms with van der Waals surface area (Å²) in [5.74, 6) is 0.412. The third kappa shape index (κ3) is 2.73. The molecule has 0 aliphatic carbocycles. The van der Waals surface area contributed by atoms with Gasteiger partial charge in [0.2, 0.25) is 0 Å². The highest BCUT2D eigenvalue weighted by molar-refractivity contribution is 7.16. The molecule has 1 aromatic heterocycles. The first kappa shape index (κ1) is 13.6. The monoisotopic (exact) mass is 301 g/mol. The molecule has 2 aromatic carbocycles. The smallest absolute Gasteiger partial charge is 0.312 e. The van der Waals surface area contributed by atoms with Gasteiger partial charge in [-0.2, -0.15) is 0 Å². The predicted octanol–water partition coefficient (Wildman–Crippen LogP) is 3.84. The molecule has 0 aliphatic heterocycles. The van der Waals surface area contributed by atoms with Gasteiger partial charge in [0.1, 0.15) is 11.6 Å². The summed E-state index contributed by atoms with van der Waals surface area (Å²) in [6, 6.07) is 11.7. The van der Waals surface area contributed by atoms with E-state index >= 15 is 0 Å². The fourth-order valence-electron chi connectivity index (χ4n) is 2.06. The summed E-state index contributed by atoms with van der Waals surface area (Å²) in [6.45, 7) is 0. The van der Waals surface area contributed by atoms with Gasteiger partial charge in [0, 0.05) is 6.20 Å². The number of nitrogens with zero attached hydrogens (tertiary/aromatic N) is 1. The van der Waals surface area contributed by atoms with Crippen LogP contribution in [-0.4, -0.2) is 11.7 Å². The number of hydrogen-bond donors (Lipinski definition) is 0. The molecular formula is C16H12FNO2S. The van der Waals surface area contributed by atoms with Crippen molar-refractivity contribution in [3.8, 4) is 5.75 Å². The Morgan fingerprint density at radius 2 is 2.10 bits per heavy atom. The number of ether oxygens (including phenoxy) is 1. The molecular weight excluding hydrogens is 289 g/mol. The van der Waals surface area contributed by atoms with E-state index in [-0.39, 0.29) is 10.7 Å². The molecule has 3 rings (SSSR count). The van der Waals surface area contributed by atoms with Gasteiger partial charge in [0.15, 0.2) is 0 Å². The second kappa shape index (κ2) is 5.54. The summed E-state index contributed by atoms with van der Waals surface area (Å²) in [6.07, 6.45) is 3.36. The van der Waals surface area contributed by atoms with Gasteiger partial charge in [-0.25, -0.2) is 4.39 Å². The van der Waals surface area contributed by atoms with Gasteiger partial charge in [0.05, 0.1) is 17.3 Å². The molecule has 5 heteroatoms. The van der Waals surface area contributed by atoms with Gasteiger partial charge >= 0.3 is 4.87 Å². The molecule has 3 nitrogen and oxygen atoms in total.